The molecule has 1 unspecified atom stereocenters. The zero-order chi connectivity index (χ0) is 14.1. The van der Waals surface area contributed by atoms with Gasteiger partial charge >= 0.3 is 12.1 Å². The van der Waals surface area contributed by atoms with E-state index < -0.39 is 25.0 Å². The highest BCUT2D eigenvalue weighted by atomic mass is 16.8. The summed E-state index contributed by atoms with van der Waals surface area (Å²) < 4.78 is 13.6. The van der Waals surface area contributed by atoms with Crippen molar-refractivity contribution in [2.24, 2.45) is 5.92 Å². The normalized spacial score (nSPS) is 11.6. The molecule has 0 aliphatic heterocycles. The summed E-state index contributed by atoms with van der Waals surface area (Å²) in [5.41, 5.74) is 0. The minimum atomic E-state index is -0.956. The highest BCUT2D eigenvalue weighted by Crippen LogP contribution is 1.96. The van der Waals surface area contributed by atoms with Crippen molar-refractivity contribution in [3.05, 3.63) is 0 Å². The molecule has 0 aromatic rings. The minimum absolute atomic E-state index is 0.126. The molecular weight excluding hydrogens is 242 g/mol. The van der Waals surface area contributed by atoms with Crippen molar-refractivity contribution < 1.29 is 28.6 Å². The first-order chi connectivity index (χ1) is 8.32. The van der Waals surface area contributed by atoms with Gasteiger partial charge in [-0.2, -0.15) is 0 Å². The Morgan fingerprint density at radius 3 is 2.22 bits per heavy atom. The number of esters is 1. The lowest BCUT2D eigenvalue weighted by molar-refractivity contribution is -0.151. The second kappa shape index (κ2) is 8.32. The fourth-order valence-corrected chi connectivity index (χ4v) is 0.849. The Labute approximate surface area is 106 Å². The van der Waals surface area contributed by atoms with Gasteiger partial charge in [-0.3, -0.25) is 9.59 Å². The molecule has 0 rings (SSSR count). The standard InChI is InChI=1S/C11H19NO6/c1-7(2)10(14)12-5-8(3)18-11(15)17-6-16-9(4)13/h7-8H,5-6H2,1-4H3,(H,12,14). The summed E-state index contributed by atoms with van der Waals surface area (Å²) >= 11 is 0. The first-order valence-electron chi connectivity index (χ1n) is 5.57. The monoisotopic (exact) mass is 261 g/mol. The van der Waals surface area contributed by atoms with E-state index in [9.17, 15) is 14.4 Å². The van der Waals surface area contributed by atoms with E-state index in [-0.39, 0.29) is 18.4 Å². The van der Waals surface area contributed by atoms with Crippen LogP contribution < -0.4 is 5.32 Å². The molecular formula is C11H19NO6. The molecule has 0 spiro atoms. The predicted molar refractivity (Wildman–Crippen MR) is 61.5 cm³/mol. The lowest BCUT2D eigenvalue weighted by Crippen LogP contribution is -2.35. The lowest BCUT2D eigenvalue weighted by atomic mass is 10.2. The third kappa shape index (κ3) is 8.37. The molecule has 0 bridgehead atoms. The van der Waals surface area contributed by atoms with Crippen molar-refractivity contribution in [3.8, 4) is 0 Å². The maximum Gasteiger partial charge on any atom is 0.511 e. The van der Waals surface area contributed by atoms with Crippen molar-refractivity contribution in [1.82, 2.24) is 5.32 Å². The third-order valence-corrected chi connectivity index (χ3v) is 1.82. The molecule has 0 saturated heterocycles. The van der Waals surface area contributed by atoms with Crippen molar-refractivity contribution in [2.75, 3.05) is 13.3 Å². The van der Waals surface area contributed by atoms with Gasteiger partial charge in [-0.1, -0.05) is 13.8 Å². The number of carbonyl (C=O) groups is 3. The predicted octanol–water partition coefficient (Wildman–Crippen LogP) is 0.821. The second-order valence-electron chi connectivity index (χ2n) is 3.98. The number of nitrogens with one attached hydrogen (secondary N) is 1. The van der Waals surface area contributed by atoms with Gasteiger partial charge in [0.15, 0.2) is 0 Å². The van der Waals surface area contributed by atoms with Crippen LogP contribution in [0.2, 0.25) is 0 Å². The Morgan fingerprint density at radius 1 is 1.11 bits per heavy atom. The zero-order valence-electron chi connectivity index (χ0n) is 11.0. The van der Waals surface area contributed by atoms with Gasteiger partial charge in [0.1, 0.15) is 6.10 Å². The van der Waals surface area contributed by atoms with Crippen molar-refractivity contribution in [2.45, 2.75) is 33.8 Å². The first kappa shape index (κ1) is 16.2. The highest BCUT2D eigenvalue weighted by molar-refractivity contribution is 5.77. The van der Waals surface area contributed by atoms with Crippen LogP contribution >= 0.6 is 0 Å². The molecule has 0 fully saturated rings. The summed E-state index contributed by atoms with van der Waals surface area (Å²) in [6.07, 6.45) is -1.49. The first-order valence-corrected chi connectivity index (χ1v) is 5.57. The molecule has 7 nitrogen and oxygen atoms in total. The van der Waals surface area contributed by atoms with Crippen LogP contribution in [0.5, 0.6) is 0 Å². The summed E-state index contributed by atoms with van der Waals surface area (Å²) in [4.78, 5) is 32.7. The van der Waals surface area contributed by atoms with Gasteiger partial charge in [0.05, 0.1) is 6.54 Å². The Morgan fingerprint density at radius 2 is 1.72 bits per heavy atom. The Bertz CT molecular complexity index is 302. The summed E-state index contributed by atoms with van der Waals surface area (Å²) in [5.74, 6) is -0.813. The molecule has 0 saturated carbocycles. The van der Waals surface area contributed by atoms with Crippen LogP contribution in [0.1, 0.15) is 27.7 Å². The van der Waals surface area contributed by atoms with Crippen LogP contribution in [0.4, 0.5) is 4.79 Å². The molecule has 0 radical (unpaired) electrons. The van der Waals surface area contributed by atoms with Gasteiger partial charge in [-0.05, 0) is 6.92 Å². The fraction of sp³-hybridized carbons (Fsp3) is 0.727. The number of ether oxygens (including phenoxy) is 3. The van der Waals surface area contributed by atoms with Crippen LogP contribution in [0.3, 0.4) is 0 Å². The zero-order valence-corrected chi connectivity index (χ0v) is 11.0. The van der Waals surface area contributed by atoms with Crippen molar-refractivity contribution in [1.29, 1.82) is 0 Å². The molecule has 1 amide bonds. The van der Waals surface area contributed by atoms with E-state index in [1.165, 1.54) is 6.92 Å². The smallest absolute Gasteiger partial charge is 0.429 e. The Balaban J connectivity index is 3.73. The fourth-order valence-electron chi connectivity index (χ4n) is 0.849. The summed E-state index contributed by atoms with van der Waals surface area (Å²) in [5, 5.41) is 2.60. The van der Waals surface area contributed by atoms with Gasteiger partial charge in [-0.15, -0.1) is 0 Å². The minimum Gasteiger partial charge on any atom is -0.429 e. The molecule has 7 heteroatoms. The van der Waals surface area contributed by atoms with Gasteiger partial charge in [0.2, 0.25) is 12.7 Å². The molecule has 0 aliphatic carbocycles. The van der Waals surface area contributed by atoms with E-state index >= 15 is 0 Å². The molecule has 0 aliphatic rings. The van der Waals surface area contributed by atoms with Crippen LogP contribution in [-0.2, 0) is 23.8 Å². The summed E-state index contributed by atoms with van der Waals surface area (Å²) in [6, 6.07) is 0. The number of hydrogen-bond donors (Lipinski definition) is 1. The van der Waals surface area contributed by atoms with Crippen molar-refractivity contribution >= 4 is 18.0 Å². The second-order valence-corrected chi connectivity index (χ2v) is 3.98. The lowest BCUT2D eigenvalue weighted by Gasteiger charge is -2.14. The molecule has 0 aromatic carbocycles. The Kier molecular flexibility index (Phi) is 7.50. The van der Waals surface area contributed by atoms with Gasteiger partial charge in [-0.25, -0.2) is 4.79 Å². The van der Waals surface area contributed by atoms with Crippen LogP contribution in [0.25, 0.3) is 0 Å². The molecule has 18 heavy (non-hydrogen) atoms. The van der Waals surface area contributed by atoms with Gasteiger partial charge in [0.25, 0.3) is 0 Å². The molecule has 0 aromatic heterocycles. The molecule has 104 valence electrons. The number of amides is 1. The van der Waals surface area contributed by atoms with Gasteiger partial charge in [0, 0.05) is 12.8 Å². The summed E-state index contributed by atoms with van der Waals surface area (Å²) in [6.45, 7) is 6.02. The maximum atomic E-state index is 11.2. The average molecular weight is 261 g/mol. The van der Waals surface area contributed by atoms with Crippen LogP contribution in [0, 0.1) is 5.92 Å². The van der Waals surface area contributed by atoms with Crippen LogP contribution in [-0.4, -0.2) is 37.5 Å². The molecule has 0 heterocycles. The van der Waals surface area contributed by atoms with E-state index in [1.807, 2.05) is 0 Å². The summed E-state index contributed by atoms with van der Waals surface area (Å²) in [7, 11) is 0. The maximum absolute atomic E-state index is 11.2. The quantitative estimate of drug-likeness (QED) is 0.562. The number of rotatable bonds is 6. The van der Waals surface area contributed by atoms with E-state index in [0.29, 0.717) is 0 Å². The van der Waals surface area contributed by atoms with E-state index in [0.717, 1.165) is 0 Å². The SMILES string of the molecule is CC(=O)OCOC(=O)OC(C)CNC(=O)C(C)C. The highest BCUT2D eigenvalue weighted by Gasteiger charge is 2.13. The van der Waals surface area contributed by atoms with E-state index in [2.05, 4.69) is 14.8 Å². The number of hydrogen-bond acceptors (Lipinski definition) is 6. The largest absolute Gasteiger partial charge is 0.511 e. The third-order valence-electron chi connectivity index (χ3n) is 1.82. The van der Waals surface area contributed by atoms with Crippen LogP contribution in [0.15, 0.2) is 0 Å². The Hall–Kier alpha value is -1.79. The van der Waals surface area contributed by atoms with Gasteiger partial charge < -0.3 is 19.5 Å². The van der Waals surface area contributed by atoms with Crippen molar-refractivity contribution in [3.63, 3.8) is 0 Å². The molecule has 1 atom stereocenters. The van der Waals surface area contributed by atoms with E-state index in [4.69, 9.17) is 4.74 Å². The topological polar surface area (TPSA) is 90.9 Å². The number of carbonyl (C=O) groups excluding carboxylic acids is 3. The average Bonchev–Trinajstić information content (AvgIpc) is 2.24. The van der Waals surface area contributed by atoms with E-state index in [1.54, 1.807) is 20.8 Å². The molecule has 1 N–H and O–H groups in total.